The fraction of sp³-hybridized carbons (Fsp3) is 0.800. The van der Waals surface area contributed by atoms with Crippen LogP contribution < -0.4 is 5.32 Å². The number of likely N-dealkylation sites (tertiary alicyclic amines) is 1. The van der Waals surface area contributed by atoms with Gasteiger partial charge in [0.2, 0.25) is 0 Å². The lowest BCUT2D eigenvalue weighted by molar-refractivity contribution is -0.138. The average molecular weight is 214 g/mol. The van der Waals surface area contributed by atoms with Crippen molar-refractivity contribution in [3.8, 4) is 0 Å². The lowest BCUT2D eigenvalue weighted by atomic mass is 10.0. The van der Waals surface area contributed by atoms with Crippen molar-refractivity contribution in [2.24, 2.45) is 11.8 Å². The number of nitrogens with zero attached hydrogens (tertiary/aromatic N) is 1. The Balaban J connectivity index is 2.45. The van der Waals surface area contributed by atoms with Crippen molar-refractivity contribution >= 4 is 12.0 Å². The van der Waals surface area contributed by atoms with E-state index < -0.39 is 12.0 Å². The zero-order chi connectivity index (χ0) is 11.6. The number of carboxylic acid groups (broad SMARTS) is 1. The Labute approximate surface area is 89.4 Å². The Bertz CT molecular complexity index is 257. The molecule has 1 rings (SSSR count). The SMILES string of the molecule is CC(NC(=O)N1CC(C)C(C)C1)C(=O)O. The summed E-state index contributed by atoms with van der Waals surface area (Å²) in [5.74, 6) is -0.0459. The number of carboxylic acids is 1. The summed E-state index contributed by atoms with van der Waals surface area (Å²) >= 11 is 0. The third-order valence-electron chi connectivity index (χ3n) is 2.99. The molecule has 1 fully saturated rings. The van der Waals surface area contributed by atoms with E-state index in [4.69, 9.17) is 5.11 Å². The summed E-state index contributed by atoms with van der Waals surface area (Å²) in [6, 6.07) is -1.11. The molecule has 1 aliphatic heterocycles. The van der Waals surface area contributed by atoms with E-state index in [2.05, 4.69) is 19.2 Å². The molecule has 5 heteroatoms. The van der Waals surface area contributed by atoms with E-state index in [0.29, 0.717) is 24.9 Å². The third-order valence-corrected chi connectivity index (χ3v) is 2.99. The molecule has 1 heterocycles. The van der Waals surface area contributed by atoms with E-state index in [1.54, 1.807) is 4.90 Å². The molecular weight excluding hydrogens is 196 g/mol. The van der Waals surface area contributed by atoms with E-state index in [-0.39, 0.29) is 6.03 Å². The van der Waals surface area contributed by atoms with Gasteiger partial charge < -0.3 is 15.3 Å². The predicted octanol–water partition coefficient (Wildman–Crippen LogP) is 0.757. The zero-order valence-electron chi connectivity index (χ0n) is 9.36. The number of urea groups is 1. The van der Waals surface area contributed by atoms with Crippen LogP contribution in [0.1, 0.15) is 20.8 Å². The van der Waals surface area contributed by atoms with Crippen LogP contribution in [0.3, 0.4) is 0 Å². The predicted molar refractivity (Wildman–Crippen MR) is 55.5 cm³/mol. The number of carbonyl (C=O) groups excluding carboxylic acids is 1. The van der Waals surface area contributed by atoms with Crippen LogP contribution in [0.15, 0.2) is 0 Å². The standard InChI is InChI=1S/C10H18N2O3/c1-6-4-12(5-7(6)2)10(15)11-8(3)9(13)14/h6-8H,4-5H2,1-3H3,(H,11,15)(H,13,14). The minimum absolute atomic E-state index is 0.277. The molecule has 0 aromatic carbocycles. The van der Waals surface area contributed by atoms with Gasteiger partial charge in [-0.2, -0.15) is 0 Å². The van der Waals surface area contributed by atoms with Gasteiger partial charge in [-0.3, -0.25) is 4.79 Å². The third kappa shape index (κ3) is 2.84. The van der Waals surface area contributed by atoms with Crippen LogP contribution in [0.4, 0.5) is 4.79 Å². The second kappa shape index (κ2) is 4.51. The first-order valence-electron chi connectivity index (χ1n) is 5.20. The van der Waals surface area contributed by atoms with Gasteiger partial charge in [0.05, 0.1) is 0 Å². The molecule has 3 unspecified atom stereocenters. The van der Waals surface area contributed by atoms with Crippen LogP contribution in [0.2, 0.25) is 0 Å². The van der Waals surface area contributed by atoms with Gasteiger partial charge in [0, 0.05) is 13.1 Å². The molecule has 3 atom stereocenters. The van der Waals surface area contributed by atoms with Gasteiger partial charge in [-0.15, -0.1) is 0 Å². The molecule has 2 amide bonds. The lowest BCUT2D eigenvalue weighted by Crippen LogP contribution is -2.45. The molecule has 1 saturated heterocycles. The normalized spacial score (nSPS) is 27.5. The monoisotopic (exact) mass is 214 g/mol. The average Bonchev–Trinajstić information content (AvgIpc) is 2.46. The highest BCUT2D eigenvalue weighted by Crippen LogP contribution is 2.21. The van der Waals surface area contributed by atoms with E-state index in [1.165, 1.54) is 6.92 Å². The quantitative estimate of drug-likeness (QED) is 0.713. The minimum atomic E-state index is -1.01. The molecule has 0 aliphatic carbocycles. The van der Waals surface area contributed by atoms with Crippen molar-refractivity contribution in [1.29, 1.82) is 0 Å². The smallest absolute Gasteiger partial charge is 0.325 e. The molecule has 0 radical (unpaired) electrons. The molecule has 0 bridgehead atoms. The van der Waals surface area contributed by atoms with E-state index in [0.717, 1.165) is 0 Å². The van der Waals surface area contributed by atoms with Gasteiger partial charge in [-0.25, -0.2) is 4.79 Å². The fourth-order valence-corrected chi connectivity index (χ4v) is 1.63. The Morgan fingerprint density at radius 3 is 2.20 bits per heavy atom. The first-order valence-corrected chi connectivity index (χ1v) is 5.20. The molecule has 0 saturated carbocycles. The molecule has 86 valence electrons. The van der Waals surface area contributed by atoms with Crippen molar-refractivity contribution in [3.63, 3.8) is 0 Å². The number of rotatable bonds is 2. The van der Waals surface area contributed by atoms with Crippen LogP contribution in [-0.2, 0) is 4.79 Å². The Hall–Kier alpha value is -1.26. The van der Waals surface area contributed by atoms with Crippen LogP contribution in [-0.4, -0.2) is 41.1 Å². The molecule has 0 aromatic rings. The van der Waals surface area contributed by atoms with Crippen molar-refractivity contribution in [3.05, 3.63) is 0 Å². The van der Waals surface area contributed by atoms with Crippen LogP contribution in [0.5, 0.6) is 0 Å². The maximum atomic E-state index is 11.6. The van der Waals surface area contributed by atoms with Crippen molar-refractivity contribution in [1.82, 2.24) is 10.2 Å². The number of nitrogens with one attached hydrogen (secondary N) is 1. The van der Waals surface area contributed by atoms with Gasteiger partial charge in [-0.1, -0.05) is 13.8 Å². The summed E-state index contributed by atoms with van der Waals surface area (Å²) in [4.78, 5) is 23.8. The highest BCUT2D eigenvalue weighted by molar-refractivity contribution is 5.82. The summed E-state index contributed by atoms with van der Waals surface area (Å²) < 4.78 is 0. The molecule has 0 spiro atoms. The maximum Gasteiger partial charge on any atom is 0.325 e. The second-order valence-corrected chi connectivity index (χ2v) is 4.37. The van der Waals surface area contributed by atoms with E-state index in [9.17, 15) is 9.59 Å². The zero-order valence-corrected chi connectivity index (χ0v) is 9.36. The summed E-state index contributed by atoms with van der Waals surface area (Å²) in [5, 5.41) is 11.1. The molecule has 1 aliphatic rings. The molecule has 5 nitrogen and oxygen atoms in total. The number of hydrogen-bond acceptors (Lipinski definition) is 2. The maximum absolute atomic E-state index is 11.6. The topological polar surface area (TPSA) is 69.6 Å². The summed E-state index contributed by atoms with van der Waals surface area (Å²) in [6.07, 6.45) is 0. The van der Waals surface area contributed by atoms with Gasteiger partial charge >= 0.3 is 12.0 Å². The van der Waals surface area contributed by atoms with Crippen molar-refractivity contribution in [2.75, 3.05) is 13.1 Å². The summed E-state index contributed by atoms with van der Waals surface area (Å²) in [7, 11) is 0. The van der Waals surface area contributed by atoms with Crippen LogP contribution >= 0.6 is 0 Å². The van der Waals surface area contributed by atoms with Crippen molar-refractivity contribution < 1.29 is 14.7 Å². The number of hydrogen-bond donors (Lipinski definition) is 2. The lowest BCUT2D eigenvalue weighted by Gasteiger charge is -2.18. The largest absolute Gasteiger partial charge is 0.480 e. The van der Waals surface area contributed by atoms with Gasteiger partial charge in [0.25, 0.3) is 0 Å². The minimum Gasteiger partial charge on any atom is -0.480 e. The highest BCUT2D eigenvalue weighted by atomic mass is 16.4. The number of amides is 2. The van der Waals surface area contributed by atoms with Crippen LogP contribution in [0.25, 0.3) is 0 Å². The Kier molecular flexibility index (Phi) is 3.55. The molecule has 2 N–H and O–H groups in total. The van der Waals surface area contributed by atoms with E-state index in [1.807, 2.05) is 0 Å². The molecular formula is C10H18N2O3. The number of carbonyl (C=O) groups is 2. The number of aliphatic carboxylic acids is 1. The molecule has 0 aromatic heterocycles. The first-order chi connectivity index (χ1) is 6.91. The Morgan fingerprint density at radius 1 is 1.33 bits per heavy atom. The van der Waals surface area contributed by atoms with Gasteiger partial charge in [0.1, 0.15) is 6.04 Å². The summed E-state index contributed by atoms with van der Waals surface area (Å²) in [6.45, 7) is 7.07. The highest BCUT2D eigenvalue weighted by Gasteiger charge is 2.30. The van der Waals surface area contributed by atoms with Gasteiger partial charge in [0.15, 0.2) is 0 Å². The summed E-state index contributed by atoms with van der Waals surface area (Å²) in [5.41, 5.74) is 0. The van der Waals surface area contributed by atoms with Crippen molar-refractivity contribution in [2.45, 2.75) is 26.8 Å². The first kappa shape index (κ1) is 11.8. The molecule has 15 heavy (non-hydrogen) atoms. The van der Waals surface area contributed by atoms with E-state index >= 15 is 0 Å². The van der Waals surface area contributed by atoms with Crippen LogP contribution in [0, 0.1) is 11.8 Å². The van der Waals surface area contributed by atoms with Gasteiger partial charge in [-0.05, 0) is 18.8 Å². The fourth-order valence-electron chi connectivity index (χ4n) is 1.63. The Morgan fingerprint density at radius 2 is 1.80 bits per heavy atom. The second-order valence-electron chi connectivity index (χ2n) is 4.37.